The van der Waals surface area contributed by atoms with Crippen molar-refractivity contribution < 1.29 is 0 Å². The molecule has 3 N–H and O–H groups in total. The van der Waals surface area contributed by atoms with Gasteiger partial charge in [-0.05, 0) is 36.8 Å². The molecule has 0 fully saturated rings. The molecule has 0 unspecified atom stereocenters. The number of anilines is 3. The number of aromatic nitrogens is 3. The lowest BCUT2D eigenvalue weighted by atomic mass is 10.1. The Kier molecular flexibility index (Phi) is 2.58. The molecule has 3 heterocycles. The molecule has 106 valence electrons. The molecule has 2 aromatic heterocycles. The molecule has 0 radical (unpaired) electrons. The maximum Gasteiger partial charge on any atom is 0.141 e. The van der Waals surface area contributed by atoms with Gasteiger partial charge in [-0.1, -0.05) is 0 Å². The van der Waals surface area contributed by atoms with Crippen LogP contribution in [-0.2, 0) is 6.54 Å². The summed E-state index contributed by atoms with van der Waals surface area (Å²) in [6.45, 7) is 2.83. The van der Waals surface area contributed by atoms with Crippen LogP contribution in [0.5, 0.6) is 0 Å². The van der Waals surface area contributed by atoms with Crippen molar-refractivity contribution in [3.63, 3.8) is 0 Å². The number of H-pyrrole nitrogens is 1. The summed E-state index contributed by atoms with van der Waals surface area (Å²) in [5.74, 6) is 0.831. The number of hydrogen-bond donors (Lipinski definition) is 3. The fraction of sp³-hybridized carbons (Fsp3) is 0.200. The molecule has 0 bridgehead atoms. The average molecular weight is 280 g/mol. The van der Waals surface area contributed by atoms with Gasteiger partial charge in [0.1, 0.15) is 5.82 Å². The van der Waals surface area contributed by atoms with E-state index in [4.69, 9.17) is 0 Å². The molecule has 1 aliphatic heterocycles. The minimum atomic E-state index is 0.831. The van der Waals surface area contributed by atoms with Gasteiger partial charge in [-0.15, -0.1) is 0 Å². The van der Waals surface area contributed by atoms with E-state index in [0.29, 0.717) is 0 Å². The highest BCUT2D eigenvalue weighted by molar-refractivity contribution is 5.92. The van der Waals surface area contributed by atoms with Gasteiger partial charge in [0, 0.05) is 25.5 Å². The molecule has 1 aliphatic rings. The molecular formula is C15H16N6. The van der Waals surface area contributed by atoms with Crippen molar-refractivity contribution in [2.45, 2.75) is 13.5 Å². The molecule has 0 saturated carbocycles. The smallest absolute Gasteiger partial charge is 0.141 e. The summed E-state index contributed by atoms with van der Waals surface area (Å²) in [5.41, 5.74) is 8.75. The first-order chi connectivity index (χ1) is 10.2. The second-order valence-electron chi connectivity index (χ2n) is 5.25. The Morgan fingerprint density at radius 2 is 2.19 bits per heavy atom. The quantitative estimate of drug-likeness (QED) is 0.673. The van der Waals surface area contributed by atoms with Crippen LogP contribution >= 0.6 is 0 Å². The van der Waals surface area contributed by atoms with E-state index in [-0.39, 0.29) is 0 Å². The van der Waals surface area contributed by atoms with Gasteiger partial charge in [0.2, 0.25) is 0 Å². The third-order valence-corrected chi connectivity index (χ3v) is 3.87. The van der Waals surface area contributed by atoms with Crippen LogP contribution in [0.3, 0.4) is 0 Å². The van der Waals surface area contributed by atoms with E-state index < -0.39 is 0 Å². The van der Waals surface area contributed by atoms with Crippen LogP contribution in [0.15, 0.2) is 30.5 Å². The molecule has 0 atom stereocenters. The van der Waals surface area contributed by atoms with Gasteiger partial charge in [0.25, 0.3) is 0 Å². The van der Waals surface area contributed by atoms with Gasteiger partial charge in [-0.3, -0.25) is 5.10 Å². The lowest BCUT2D eigenvalue weighted by molar-refractivity contribution is 0.734. The summed E-state index contributed by atoms with van der Waals surface area (Å²) in [6, 6.07) is 8.27. The highest BCUT2D eigenvalue weighted by atomic mass is 15.5. The second kappa shape index (κ2) is 4.46. The molecule has 0 saturated heterocycles. The molecule has 0 aliphatic carbocycles. The fourth-order valence-electron chi connectivity index (χ4n) is 2.77. The Hall–Kier alpha value is -2.60. The summed E-state index contributed by atoms with van der Waals surface area (Å²) >= 11 is 0. The molecule has 0 amide bonds. The van der Waals surface area contributed by atoms with Crippen LogP contribution in [0.2, 0.25) is 0 Å². The highest BCUT2D eigenvalue weighted by Gasteiger charge is 2.15. The first kappa shape index (κ1) is 12.2. The Morgan fingerprint density at radius 3 is 3.10 bits per heavy atom. The second-order valence-corrected chi connectivity index (χ2v) is 5.25. The maximum absolute atomic E-state index is 4.45. The van der Waals surface area contributed by atoms with Crippen LogP contribution < -0.4 is 15.8 Å². The van der Waals surface area contributed by atoms with Gasteiger partial charge in [-0.25, -0.2) is 10.4 Å². The number of rotatable bonds is 2. The lowest BCUT2D eigenvalue weighted by Crippen LogP contribution is -2.26. The van der Waals surface area contributed by atoms with Crippen LogP contribution in [0.25, 0.3) is 10.9 Å². The van der Waals surface area contributed by atoms with Crippen molar-refractivity contribution in [2.24, 2.45) is 0 Å². The molecule has 3 aromatic rings. The molecule has 6 heteroatoms. The molecular weight excluding hydrogens is 264 g/mol. The van der Waals surface area contributed by atoms with Crippen molar-refractivity contribution in [1.82, 2.24) is 20.6 Å². The van der Waals surface area contributed by atoms with E-state index in [9.17, 15) is 0 Å². The largest absolute Gasteiger partial charge is 0.340 e. The van der Waals surface area contributed by atoms with Crippen molar-refractivity contribution in [2.75, 3.05) is 17.4 Å². The number of nitrogens with one attached hydrogen (secondary N) is 3. The number of aromatic amines is 1. The minimum Gasteiger partial charge on any atom is -0.340 e. The molecule has 0 spiro atoms. The Labute approximate surface area is 122 Å². The van der Waals surface area contributed by atoms with Crippen molar-refractivity contribution in [3.8, 4) is 0 Å². The standard InChI is InChI=1S/C15H16N6/c1-9-14-12(20-19-9)5-6-16-15(14)18-11-3-4-13-10(7-11)8-17-21(13)2/h3-7,17H,8H2,1-2H3,(H,16,18)(H,19,20). The summed E-state index contributed by atoms with van der Waals surface area (Å²) in [7, 11) is 2.02. The number of aryl methyl sites for hydroxylation is 1. The topological polar surface area (TPSA) is 68.9 Å². The molecule has 6 nitrogen and oxygen atoms in total. The van der Waals surface area contributed by atoms with Gasteiger partial charge >= 0.3 is 0 Å². The molecule has 4 rings (SSSR count). The first-order valence-corrected chi connectivity index (χ1v) is 6.89. The number of hydrazine groups is 1. The van der Waals surface area contributed by atoms with Crippen molar-refractivity contribution >= 4 is 28.1 Å². The van der Waals surface area contributed by atoms with Gasteiger partial charge in [0.05, 0.1) is 22.3 Å². The van der Waals surface area contributed by atoms with E-state index >= 15 is 0 Å². The Balaban J connectivity index is 1.74. The van der Waals surface area contributed by atoms with Gasteiger partial charge in [0.15, 0.2) is 0 Å². The summed E-state index contributed by atoms with van der Waals surface area (Å²) < 4.78 is 0. The normalized spacial score (nSPS) is 13.7. The monoisotopic (exact) mass is 280 g/mol. The predicted octanol–water partition coefficient (Wildman–Crippen LogP) is 2.46. The third kappa shape index (κ3) is 1.92. The van der Waals surface area contributed by atoms with E-state index in [1.807, 2.05) is 25.0 Å². The zero-order valence-corrected chi connectivity index (χ0v) is 11.9. The van der Waals surface area contributed by atoms with Crippen molar-refractivity contribution in [3.05, 3.63) is 41.7 Å². The predicted molar refractivity (Wildman–Crippen MR) is 83.6 cm³/mol. The summed E-state index contributed by atoms with van der Waals surface area (Å²) in [4.78, 5) is 4.45. The summed E-state index contributed by atoms with van der Waals surface area (Å²) in [6.07, 6.45) is 1.78. The minimum absolute atomic E-state index is 0.831. The zero-order valence-electron chi connectivity index (χ0n) is 11.9. The number of nitrogens with zero attached hydrogens (tertiary/aromatic N) is 3. The number of hydrogen-bond acceptors (Lipinski definition) is 5. The van der Waals surface area contributed by atoms with Gasteiger partial charge < -0.3 is 10.3 Å². The van der Waals surface area contributed by atoms with Crippen LogP contribution in [-0.4, -0.2) is 22.2 Å². The maximum atomic E-state index is 4.45. The Morgan fingerprint density at radius 1 is 1.29 bits per heavy atom. The molecule has 1 aromatic carbocycles. The zero-order chi connectivity index (χ0) is 14.4. The van der Waals surface area contributed by atoms with Crippen LogP contribution in [0, 0.1) is 6.92 Å². The highest BCUT2D eigenvalue weighted by Crippen LogP contribution is 2.30. The lowest BCUT2D eigenvalue weighted by Gasteiger charge is -2.12. The van der Waals surface area contributed by atoms with Gasteiger partial charge in [-0.2, -0.15) is 5.10 Å². The Bertz CT molecular complexity index is 822. The fourth-order valence-corrected chi connectivity index (χ4v) is 2.77. The van der Waals surface area contributed by atoms with Crippen LogP contribution in [0.4, 0.5) is 17.2 Å². The average Bonchev–Trinajstić information content (AvgIpc) is 3.04. The van der Waals surface area contributed by atoms with Crippen molar-refractivity contribution in [1.29, 1.82) is 0 Å². The number of fused-ring (bicyclic) bond motifs is 2. The van der Waals surface area contributed by atoms with E-state index in [2.05, 4.69) is 44.1 Å². The van der Waals surface area contributed by atoms with E-state index in [1.165, 1.54) is 11.3 Å². The SMILES string of the molecule is Cc1n[nH]c2ccnc(Nc3ccc4c(c3)CNN4C)c12. The summed E-state index contributed by atoms with van der Waals surface area (Å²) in [5, 5.41) is 13.7. The van der Waals surface area contributed by atoms with Crippen LogP contribution in [0.1, 0.15) is 11.3 Å². The van der Waals surface area contributed by atoms with E-state index in [0.717, 1.165) is 34.6 Å². The first-order valence-electron chi connectivity index (χ1n) is 6.89. The third-order valence-electron chi connectivity index (χ3n) is 3.87. The number of pyridine rings is 1. The number of benzene rings is 1. The molecule has 21 heavy (non-hydrogen) atoms. The van der Waals surface area contributed by atoms with E-state index in [1.54, 1.807) is 6.20 Å².